The molecule has 2 N–H and O–H groups in total. The van der Waals surface area contributed by atoms with Crippen LogP contribution in [0.15, 0.2) is 24.3 Å². The molecule has 2 amide bonds. The molecule has 0 unspecified atom stereocenters. The molecule has 1 aliphatic heterocycles. The third-order valence-electron chi connectivity index (χ3n) is 3.60. The van der Waals surface area contributed by atoms with Crippen molar-refractivity contribution in [3.8, 4) is 0 Å². The highest BCUT2D eigenvalue weighted by atomic mass is 16.2. The summed E-state index contributed by atoms with van der Waals surface area (Å²) in [6, 6.07) is 7.49. The molecule has 108 valence electrons. The van der Waals surface area contributed by atoms with Crippen LogP contribution in [-0.2, 0) is 16.1 Å². The first-order valence-corrected chi connectivity index (χ1v) is 6.92. The van der Waals surface area contributed by atoms with Gasteiger partial charge < -0.3 is 15.5 Å². The van der Waals surface area contributed by atoms with Crippen molar-refractivity contribution >= 4 is 17.5 Å². The molecule has 1 saturated heterocycles. The molecule has 1 atom stereocenters. The highest BCUT2D eigenvalue weighted by Gasteiger charge is 2.22. The Morgan fingerprint density at radius 2 is 2.15 bits per heavy atom. The van der Waals surface area contributed by atoms with E-state index in [4.69, 9.17) is 0 Å². The van der Waals surface area contributed by atoms with E-state index in [1.54, 1.807) is 11.9 Å². The summed E-state index contributed by atoms with van der Waals surface area (Å²) in [7, 11) is 1.75. The average Bonchev–Trinajstić information content (AvgIpc) is 2.94. The molecule has 0 spiro atoms. The Labute approximate surface area is 119 Å². The molecule has 1 fully saturated rings. The van der Waals surface area contributed by atoms with Gasteiger partial charge in [-0.3, -0.25) is 9.59 Å². The van der Waals surface area contributed by atoms with Crippen LogP contribution in [0, 0.1) is 0 Å². The van der Waals surface area contributed by atoms with Crippen LogP contribution in [0.4, 0.5) is 5.69 Å². The van der Waals surface area contributed by atoms with Crippen molar-refractivity contribution in [3.63, 3.8) is 0 Å². The summed E-state index contributed by atoms with van der Waals surface area (Å²) in [5, 5.41) is 6.14. The van der Waals surface area contributed by atoms with E-state index in [0.717, 1.165) is 30.6 Å². The molecule has 0 bridgehead atoms. The van der Waals surface area contributed by atoms with Crippen molar-refractivity contribution < 1.29 is 9.59 Å². The van der Waals surface area contributed by atoms with Crippen molar-refractivity contribution in [1.82, 2.24) is 10.2 Å². The molecular weight excluding hydrogens is 254 g/mol. The van der Waals surface area contributed by atoms with E-state index in [9.17, 15) is 9.59 Å². The predicted octanol–water partition coefficient (Wildman–Crippen LogP) is 1.36. The van der Waals surface area contributed by atoms with E-state index >= 15 is 0 Å². The number of nitrogens with one attached hydrogen (secondary N) is 2. The number of hydrogen-bond donors (Lipinski definition) is 2. The van der Waals surface area contributed by atoms with E-state index in [-0.39, 0.29) is 17.9 Å². The van der Waals surface area contributed by atoms with Gasteiger partial charge in [0.15, 0.2) is 0 Å². The SMILES string of the molecule is CC(=O)N(C)Cc1ccccc1NC(=O)[C@@H]1CCCN1. The predicted molar refractivity (Wildman–Crippen MR) is 78.2 cm³/mol. The molecule has 1 aromatic carbocycles. The average molecular weight is 275 g/mol. The van der Waals surface area contributed by atoms with Crippen molar-refractivity contribution in [2.75, 3.05) is 18.9 Å². The first-order valence-electron chi connectivity index (χ1n) is 6.92. The van der Waals surface area contributed by atoms with Gasteiger partial charge >= 0.3 is 0 Å². The minimum Gasteiger partial charge on any atom is -0.342 e. The molecular formula is C15H21N3O2. The van der Waals surface area contributed by atoms with Gasteiger partial charge in [0.2, 0.25) is 11.8 Å². The van der Waals surface area contributed by atoms with Gasteiger partial charge in [-0.05, 0) is 31.0 Å². The Hall–Kier alpha value is -1.88. The van der Waals surface area contributed by atoms with Crippen LogP contribution in [0.2, 0.25) is 0 Å². The normalized spacial score (nSPS) is 17.8. The van der Waals surface area contributed by atoms with Crippen LogP contribution in [-0.4, -0.2) is 36.3 Å². The quantitative estimate of drug-likeness (QED) is 0.872. The Morgan fingerprint density at radius 3 is 2.80 bits per heavy atom. The lowest BCUT2D eigenvalue weighted by molar-refractivity contribution is -0.128. The summed E-state index contributed by atoms with van der Waals surface area (Å²) >= 11 is 0. The molecule has 0 saturated carbocycles. The van der Waals surface area contributed by atoms with Gasteiger partial charge in [-0.1, -0.05) is 18.2 Å². The summed E-state index contributed by atoms with van der Waals surface area (Å²) < 4.78 is 0. The summed E-state index contributed by atoms with van der Waals surface area (Å²) in [5.74, 6) is 0.00372. The molecule has 20 heavy (non-hydrogen) atoms. The monoisotopic (exact) mass is 275 g/mol. The highest BCUT2D eigenvalue weighted by molar-refractivity contribution is 5.95. The lowest BCUT2D eigenvalue weighted by Crippen LogP contribution is -2.36. The summed E-state index contributed by atoms with van der Waals surface area (Å²) in [6.07, 6.45) is 1.91. The fourth-order valence-corrected chi connectivity index (χ4v) is 2.28. The maximum atomic E-state index is 12.1. The van der Waals surface area contributed by atoms with Crippen LogP contribution in [0.1, 0.15) is 25.3 Å². The highest BCUT2D eigenvalue weighted by Crippen LogP contribution is 2.18. The van der Waals surface area contributed by atoms with E-state index in [1.807, 2.05) is 24.3 Å². The van der Waals surface area contributed by atoms with Crippen molar-refractivity contribution in [1.29, 1.82) is 0 Å². The maximum absolute atomic E-state index is 12.1. The number of anilines is 1. The number of benzene rings is 1. The molecule has 5 nitrogen and oxygen atoms in total. The lowest BCUT2D eigenvalue weighted by Gasteiger charge is -2.19. The molecule has 1 aromatic rings. The fraction of sp³-hybridized carbons (Fsp3) is 0.467. The number of para-hydroxylation sites is 1. The van der Waals surface area contributed by atoms with Crippen molar-refractivity contribution in [2.45, 2.75) is 32.4 Å². The Kier molecular flexibility index (Phi) is 4.74. The number of amides is 2. The van der Waals surface area contributed by atoms with E-state index in [2.05, 4.69) is 10.6 Å². The first-order chi connectivity index (χ1) is 9.58. The van der Waals surface area contributed by atoms with Gasteiger partial charge in [0.25, 0.3) is 0 Å². The molecule has 0 aliphatic carbocycles. The largest absolute Gasteiger partial charge is 0.342 e. The Bertz CT molecular complexity index is 496. The van der Waals surface area contributed by atoms with Crippen LogP contribution in [0.3, 0.4) is 0 Å². The zero-order valence-electron chi connectivity index (χ0n) is 12.0. The molecule has 0 aromatic heterocycles. The number of nitrogens with zero attached hydrogens (tertiary/aromatic N) is 1. The zero-order valence-corrected chi connectivity index (χ0v) is 12.0. The van der Waals surface area contributed by atoms with Crippen molar-refractivity contribution in [2.24, 2.45) is 0 Å². The molecule has 1 heterocycles. The molecule has 2 rings (SSSR count). The van der Waals surface area contributed by atoms with Crippen LogP contribution in [0.25, 0.3) is 0 Å². The van der Waals surface area contributed by atoms with E-state index in [1.165, 1.54) is 6.92 Å². The third kappa shape index (κ3) is 3.57. The zero-order chi connectivity index (χ0) is 14.5. The van der Waals surface area contributed by atoms with Crippen molar-refractivity contribution in [3.05, 3.63) is 29.8 Å². The molecule has 1 aliphatic rings. The number of carbonyl (C=O) groups excluding carboxylic acids is 2. The molecule has 0 radical (unpaired) electrons. The second-order valence-corrected chi connectivity index (χ2v) is 5.17. The van der Waals surface area contributed by atoms with E-state index in [0.29, 0.717) is 6.54 Å². The standard InChI is InChI=1S/C15H21N3O2/c1-11(19)18(2)10-12-6-3-4-7-13(12)17-15(20)14-8-5-9-16-14/h3-4,6-7,14,16H,5,8-10H2,1-2H3,(H,17,20)/t14-/m0/s1. The fourth-order valence-electron chi connectivity index (χ4n) is 2.28. The number of carbonyl (C=O) groups is 2. The smallest absolute Gasteiger partial charge is 0.241 e. The minimum atomic E-state index is -0.103. The lowest BCUT2D eigenvalue weighted by atomic mass is 10.1. The number of hydrogen-bond acceptors (Lipinski definition) is 3. The third-order valence-corrected chi connectivity index (χ3v) is 3.60. The summed E-state index contributed by atoms with van der Waals surface area (Å²) in [5.41, 5.74) is 1.72. The summed E-state index contributed by atoms with van der Waals surface area (Å²) in [6.45, 7) is 2.92. The Morgan fingerprint density at radius 1 is 1.40 bits per heavy atom. The topological polar surface area (TPSA) is 61.4 Å². The Balaban J connectivity index is 2.07. The van der Waals surface area contributed by atoms with Gasteiger partial charge in [0, 0.05) is 26.2 Å². The second-order valence-electron chi connectivity index (χ2n) is 5.17. The van der Waals surface area contributed by atoms with Gasteiger partial charge in [-0.15, -0.1) is 0 Å². The maximum Gasteiger partial charge on any atom is 0.241 e. The van der Waals surface area contributed by atoms with Gasteiger partial charge in [-0.25, -0.2) is 0 Å². The van der Waals surface area contributed by atoms with Gasteiger partial charge in [-0.2, -0.15) is 0 Å². The second kappa shape index (κ2) is 6.52. The summed E-state index contributed by atoms with van der Waals surface area (Å²) in [4.78, 5) is 25.1. The minimum absolute atomic E-state index is 0.000396. The van der Waals surface area contributed by atoms with Gasteiger partial charge in [0.1, 0.15) is 0 Å². The van der Waals surface area contributed by atoms with Crippen LogP contribution < -0.4 is 10.6 Å². The van der Waals surface area contributed by atoms with E-state index < -0.39 is 0 Å². The van der Waals surface area contributed by atoms with Gasteiger partial charge in [0.05, 0.1) is 6.04 Å². The van der Waals surface area contributed by atoms with Crippen LogP contribution in [0.5, 0.6) is 0 Å². The first kappa shape index (κ1) is 14.5. The molecule has 5 heteroatoms. The number of rotatable bonds is 4. The van der Waals surface area contributed by atoms with Crippen LogP contribution >= 0.6 is 0 Å².